The average Bonchev–Trinajstić information content (AvgIpc) is 3.01. The lowest BCUT2D eigenvalue weighted by Crippen LogP contribution is -2.32. The molecule has 0 aliphatic carbocycles. The van der Waals surface area contributed by atoms with Crippen LogP contribution in [-0.2, 0) is 21.9 Å². The molecule has 2 heterocycles. The first-order chi connectivity index (χ1) is 15.1. The van der Waals surface area contributed by atoms with E-state index in [1.54, 1.807) is 13.1 Å². The number of benzene rings is 3. The van der Waals surface area contributed by atoms with E-state index in [9.17, 15) is 0 Å². The van der Waals surface area contributed by atoms with Gasteiger partial charge in [0, 0.05) is 19.0 Å². The summed E-state index contributed by atoms with van der Waals surface area (Å²) in [6.45, 7) is 7.76. The van der Waals surface area contributed by atoms with E-state index in [1.165, 1.54) is 5.06 Å². The lowest BCUT2D eigenvalue weighted by Gasteiger charge is -2.29. The third-order valence-electron chi connectivity index (χ3n) is 5.82. The predicted octanol–water partition coefficient (Wildman–Crippen LogP) is 4.91. The lowest BCUT2D eigenvalue weighted by atomic mass is 9.89. The summed E-state index contributed by atoms with van der Waals surface area (Å²) in [7, 11) is 1.76. The van der Waals surface area contributed by atoms with Gasteiger partial charge in [-0.3, -0.25) is 0 Å². The Morgan fingerprint density at radius 2 is 1.87 bits per heavy atom. The molecule has 0 radical (unpaired) electrons. The second-order valence-electron chi connectivity index (χ2n) is 7.79. The molecule has 0 bridgehead atoms. The Bertz CT molecular complexity index is 1200. The molecule has 31 heavy (non-hydrogen) atoms. The van der Waals surface area contributed by atoms with E-state index in [-0.39, 0.29) is 6.10 Å². The number of fused-ring (bicyclic) bond motifs is 2. The Morgan fingerprint density at radius 1 is 1.06 bits per heavy atom. The summed E-state index contributed by atoms with van der Waals surface area (Å²) >= 11 is 0. The fourth-order valence-corrected chi connectivity index (χ4v) is 4.23. The third-order valence-corrected chi connectivity index (χ3v) is 5.82. The zero-order chi connectivity index (χ0) is 21.4. The molecule has 0 fully saturated rings. The van der Waals surface area contributed by atoms with Gasteiger partial charge in [-0.15, -0.1) is 0 Å². The highest BCUT2D eigenvalue weighted by Gasteiger charge is 2.46. The second kappa shape index (κ2) is 7.55. The van der Waals surface area contributed by atoms with Crippen LogP contribution in [0.25, 0.3) is 16.0 Å². The highest BCUT2D eigenvalue weighted by Crippen LogP contribution is 2.46. The molecular formula is C25H22N4O2. The summed E-state index contributed by atoms with van der Waals surface area (Å²) in [5, 5.41) is 1.52. The highest BCUT2D eigenvalue weighted by molar-refractivity contribution is 5.79. The molecule has 0 amide bonds. The number of guanidine groups is 1. The summed E-state index contributed by atoms with van der Waals surface area (Å²) < 4.78 is 6.31. The van der Waals surface area contributed by atoms with Crippen molar-refractivity contribution in [2.75, 3.05) is 7.05 Å². The van der Waals surface area contributed by atoms with Crippen molar-refractivity contribution < 1.29 is 9.57 Å². The highest BCUT2D eigenvalue weighted by atomic mass is 16.7. The number of nitrogens with zero attached hydrogens (tertiary/aromatic N) is 3. The molecule has 2 N–H and O–H groups in total. The summed E-state index contributed by atoms with van der Waals surface area (Å²) in [5.74, 6) is 0.333. The van der Waals surface area contributed by atoms with Crippen molar-refractivity contribution in [3.8, 4) is 11.1 Å². The van der Waals surface area contributed by atoms with Gasteiger partial charge in [-0.2, -0.15) is 0 Å². The normalized spacial score (nSPS) is 22.5. The van der Waals surface area contributed by atoms with Crippen molar-refractivity contribution >= 4 is 11.6 Å². The van der Waals surface area contributed by atoms with Crippen LogP contribution in [0.2, 0.25) is 0 Å². The average molecular weight is 410 g/mol. The van der Waals surface area contributed by atoms with Gasteiger partial charge in [0.05, 0.1) is 19.3 Å². The van der Waals surface area contributed by atoms with Gasteiger partial charge in [0.1, 0.15) is 0 Å². The maximum Gasteiger partial charge on any atom is 0.218 e. The summed E-state index contributed by atoms with van der Waals surface area (Å²) in [6, 6.07) is 23.9. The molecule has 0 saturated carbocycles. The van der Waals surface area contributed by atoms with Crippen LogP contribution in [0.15, 0.2) is 77.8 Å². The zero-order valence-corrected chi connectivity index (χ0v) is 17.2. The maximum atomic E-state index is 7.31. The smallest absolute Gasteiger partial charge is 0.218 e. The van der Waals surface area contributed by atoms with E-state index >= 15 is 0 Å². The van der Waals surface area contributed by atoms with E-state index in [0.717, 1.165) is 27.8 Å². The molecule has 6 nitrogen and oxygen atoms in total. The van der Waals surface area contributed by atoms with Gasteiger partial charge in [-0.25, -0.2) is 19.7 Å². The number of hydroxylamine groups is 2. The third kappa shape index (κ3) is 3.44. The number of rotatable bonds is 2. The molecule has 2 aliphatic heterocycles. The number of aliphatic imine (C=N–C) groups is 1. The van der Waals surface area contributed by atoms with Crippen LogP contribution in [0.3, 0.4) is 0 Å². The van der Waals surface area contributed by atoms with Crippen LogP contribution >= 0.6 is 0 Å². The molecule has 154 valence electrons. The molecule has 2 aliphatic rings. The Morgan fingerprint density at radius 3 is 2.61 bits per heavy atom. The minimum absolute atomic E-state index is 0.189. The molecule has 6 heteroatoms. The molecular weight excluding hydrogens is 388 g/mol. The Labute approximate surface area is 181 Å². The van der Waals surface area contributed by atoms with Crippen molar-refractivity contribution in [1.82, 2.24) is 5.06 Å². The van der Waals surface area contributed by atoms with Gasteiger partial charge in [-0.05, 0) is 34.4 Å². The van der Waals surface area contributed by atoms with E-state index in [2.05, 4.69) is 29.1 Å². The first kappa shape index (κ1) is 19.3. The minimum atomic E-state index is -0.974. The molecule has 0 saturated heterocycles. The molecule has 3 aromatic carbocycles. The summed E-state index contributed by atoms with van der Waals surface area (Å²) in [6.07, 6.45) is 0.311. The summed E-state index contributed by atoms with van der Waals surface area (Å²) in [4.78, 5) is 14.6. The van der Waals surface area contributed by atoms with E-state index < -0.39 is 5.72 Å². The minimum Gasteiger partial charge on any atom is -0.369 e. The van der Waals surface area contributed by atoms with Crippen LogP contribution in [0.4, 0.5) is 5.69 Å². The van der Waals surface area contributed by atoms with Crippen LogP contribution in [-0.4, -0.2) is 18.1 Å². The van der Waals surface area contributed by atoms with Crippen molar-refractivity contribution in [1.29, 1.82) is 0 Å². The van der Waals surface area contributed by atoms with Crippen molar-refractivity contribution in [3.63, 3.8) is 0 Å². The van der Waals surface area contributed by atoms with Crippen molar-refractivity contribution in [2.24, 2.45) is 10.7 Å². The van der Waals surface area contributed by atoms with E-state index in [4.69, 9.17) is 26.9 Å². The molecule has 1 spiro atoms. The van der Waals surface area contributed by atoms with Gasteiger partial charge in [0.2, 0.25) is 11.7 Å². The quantitative estimate of drug-likeness (QED) is 0.610. The first-order valence-corrected chi connectivity index (χ1v) is 10.1. The van der Waals surface area contributed by atoms with Crippen LogP contribution in [0.5, 0.6) is 0 Å². The fourth-order valence-electron chi connectivity index (χ4n) is 4.23. The van der Waals surface area contributed by atoms with Gasteiger partial charge in [0.15, 0.2) is 5.69 Å². The first-order valence-electron chi connectivity index (χ1n) is 10.1. The molecule has 2 atom stereocenters. The topological polar surface area (TPSA) is 64.4 Å². The summed E-state index contributed by atoms with van der Waals surface area (Å²) in [5.41, 5.74) is 10.8. The SMILES string of the molecule is [C-]#[N+]c1cccc(-c2ccc3c(c2)C2(C[C@@H](c4ccccc4)OC3)N=C(N)N(C)O2)c1. The Hall–Kier alpha value is -3.66. The second-order valence-corrected chi connectivity index (χ2v) is 7.79. The van der Waals surface area contributed by atoms with E-state index in [1.807, 2.05) is 42.5 Å². The van der Waals surface area contributed by atoms with Gasteiger partial charge >= 0.3 is 0 Å². The van der Waals surface area contributed by atoms with Crippen LogP contribution < -0.4 is 5.73 Å². The Kier molecular flexibility index (Phi) is 4.70. The zero-order valence-electron chi connectivity index (χ0n) is 17.2. The van der Waals surface area contributed by atoms with Gasteiger partial charge < -0.3 is 10.5 Å². The van der Waals surface area contributed by atoms with Crippen molar-refractivity contribution in [2.45, 2.75) is 24.9 Å². The van der Waals surface area contributed by atoms with E-state index in [0.29, 0.717) is 24.7 Å². The van der Waals surface area contributed by atoms with Gasteiger partial charge in [-0.1, -0.05) is 60.7 Å². The van der Waals surface area contributed by atoms with Crippen LogP contribution in [0.1, 0.15) is 29.2 Å². The van der Waals surface area contributed by atoms with Crippen LogP contribution in [0, 0.1) is 6.57 Å². The number of hydrogen-bond donors (Lipinski definition) is 1. The van der Waals surface area contributed by atoms with Crippen molar-refractivity contribution in [3.05, 3.63) is 101 Å². The molecule has 3 aromatic rings. The largest absolute Gasteiger partial charge is 0.369 e. The number of ether oxygens (including phenoxy) is 1. The number of hydrogen-bond acceptors (Lipinski definition) is 5. The molecule has 0 aromatic heterocycles. The predicted molar refractivity (Wildman–Crippen MR) is 119 cm³/mol. The number of nitrogens with two attached hydrogens (primary N) is 1. The Balaban J connectivity index is 1.63. The van der Waals surface area contributed by atoms with Gasteiger partial charge in [0.25, 0.3) is 0 Å². The maximum absolute atomic E-state index is 7.31. The standard InChI is InChI=1S/C25H22N4O2/c1-27-21-10-6-9-18(13-21)19-11-12-20-16-30-23(17-7-4-3-5-8-17)15-25(22(20)14-19)28-24(26)29(2)31-25/h3-14,23H,15-16H2,2H3,(H2,26,28)/t23-,25?/m0/s1. The molecule has 5 rings (SSSR count). The molecule has 1 unspecified atom stereocenters. The monoisotopic (exact) mass is 410 g/mol. The lowest BCUT2D eigenvalue weighted by molar-refractivity contribution is -0.186. The fraction of sp³-hybridized carbons (Fsp3) is 0.200.